The molecule has 0 aliphatic heterocycles. The van der Waals surface area contributed by atoms with Crippen molar-refractivity contribution in [1.29, 1.82) is 0 Å². The maximum absolute atomic E-state index is 13.3. The highest BCUT2D eigenvalue weighted by molar-refractivity contribution is 7.99. The van der Waals surface area contributed by atoms with Crippen LogP contribution >= 0.6 is 23.1 Å². The van der Waals surface area contributed by atoms with E-state index in [9.17, 15) is 9.18 Å². The monoisotopic (exact) mass is 529 g/mol. The van der Waals surface area contributed by atoms with Gasteiger partial charge in [0.25, 0.3) is 0 Å². The number of thioether (sulfide) groups is 1. The predicted molar refractivity (Wildman–Crippen MR) is 149 cm³/mol. The molecule has 0 saturated carbocycles. The summed E-state index contributed by atoms with van der Waals surface area (Å²) in [4.78, 5) is 18.2. The Hall–Kier alpha value is -3.82. The largest absolute Gasteiger partial charge is 0.302 e. The number of nitrogens with zero attached hydrogens (tertiary/aromatic N) is 4. The minimum Gasteiger partial charge on any atom is -0.302 e. The Bertz CT molecular complexity index is 1570. The number of thiazole rings is 1. The number of allylic oxidation sites excluding steroid dienone is 1. The molecule has 2 heterocycles. The Morgan fingerprint density at radius 3 is 2.70 bits per heavy atom. The van der Waals surface area contributed by atoms with Gasteiger partial charge in [-0.25, -0.2) is 9.37 Å². The molecule has 6 nitrogen and oxygen atoms in total. The summed E-state index contributed by atoms with van der Waals surface area (Å²) in [5, 5.41) is 15.2. The van der Waals surface area contributed by atoms with E-state index in [1.807, 2.05) is 29.7 Å². The molecule has 5 rings (SSSR count). The van der Waals surface area contributed by atoms with Crippen molar-refractivity contribution >= 4 is 44.9 Å². The summed E-state index contributed by atoms with van der Waals surface area (Å²) in [6.45, 7) is 6.35. The summed E-state index contributed by atoms with van der Waals surface area (Å²) < 4.78 is 15.3. The molecule has 0 radical (unpaired) electrons. The second-order valence-corrected chi connectivity index (χ2v) is 10.5. The fourth-order valence-corrected chi connectivity index (χ4v) is 5.72. The Balaban J connectivity index is 1.27. The SMILES string of the molecule is C=CCn1c(Cc2cccc3ccccc23)nnc1SCC(=O)Nc1nc(-c2ccc(F)cc2)c(C)s1. The van der Waals surface area contributed by atoms with Gasteiger partial charge in [-0.2, -0.15) is 0 Å². The van der Waals surface area contributed by atoms with Gasteiger partial charge in [-0.05, 0) is 47.5 Å². The lowest BCUT2D eigenvalue weighted by molar-refractivity contribution is -0.113. The van der Waals surface area contributed by atoms with E-state index < -0.39 is 0 Å². The zero-order valence-electron chi connectivity index (χ0n) is 20.1. The van der Waals surface area contributed by atoms with Crippen LogP contribution in [-0.2, 0) is 17.8 Å². The predicted octanol–water partition coefficient (Wildman–Crippen LogP) is 6.51. The van der Waals surface area contributed by atoms with Gasteiger partial charge in [0.1, 0.15) is 11.6 Å². The van der Waals surface area contributed by atoms with Crippen LogP contribution in [-0.4, -0.2) is 31.4 Å². The molecule has 1 amide bonds. The van der Waals surface area contributed by atoms with E-state index in [2.05, 4.69) is 51.3 Å². The van der Waals surface area contributed by atoms with E-state index in [1.54, 1.807) is 18.2 Å². The molecule has 2 aromatic heterocycles. The lowest BCUT2D eigenvalue weighted by Crippen LogP contribution is -2.14. The van der Waals surface area contributed by atoms with Crippen molar-refractivity contribution in [2.75, 3.05) is 11.1 Å². The van der Waals surface area contributed by atoms with Crippen LogP contribution in [0.1, 0.15) is 16.3 Å². The molecule has 0 spiro atoms. The minimum absolute atomic E-state index is 0.161. The third-order valence-electron chi connectivity index (χ3n) is 5.83. The highest BCUT2D eigenvalue weighted by atomic mass is 32.2. The molecule has 186 valence electrons. The zero-order valence-corrected chi connectivity index (χ0v) is 21.8. The Morgan fingerprint density at radius 2 is 1.89 bits per heavy atom. The molecule has 9 heteroatoms. The number of nitrogens with one attached hydrogen (secondary N) is 1. The number of halogens is 1. The summed E-state index contributed by atoms with van der Waals surface area (Å²) in [5.74, 6) is 0.493. The molecular weight excluding hydrogens is 505 g/mol. The fraction of sp³-hybridized carbons (Fsp3) is 0.143. The summed E-state index contributed by atoms with van der Waals surface area (Å²) in [6, 6.07) is 20.7. The van der Waals surface area contributed by atoms with E-state index in [1.165, 1.54) is 51.6 Å². The third kappa shape index (κ3) is 5.63. The first kappa shape index (κ1) is 24.9. The highest BCUT2D eigenvalue weighted by Crippen LogP contribution is 2.31. The molecular formula is C28H24FN5OS2. The summed E-state index contributed by atoms with van der Waals surface area (Å²) in [6.07, 6.45) is 2.43. The van der Waals surface area contributed by atoms with Crippen molar-refractivity contribution in [2.45, 2.75) is 25.0 Å². The zero-order chi connectivity index (χ0) is 25.8. The smallest absolute Gasteiger partial charge is 0.236 e. The van der Waals surface area contributed by atoms with Crippen molar-refractivity contribution in [3.63, 3.8) is 0 Å². The fourth-order valence-electron chi connectivity index (χ4n) is 4.10. The second kappa shape index (κ2) is 11.1. The Morgan fingerprint density at radius 1 is 1.11 bits per heavy atom. The number of fused-ring (bicyclic) bond motifs is 1. The third-order valence-corrected chi connectivity index (χ3v) is 7.68. The molecule has 0 aliphatic rings. The quantitative estimate of drug-likeness (QED) is 0.174. The molecule has 0 unspecified atom stereocenters. The summed E-state index contributed by atoms with van der Waals surface area (Å²) in [5.41, 5.74) is 2.71. The van der Waals surface area contributed by atoms with Crippen molar-refractivity contribution in [1.82, 2.24) is 19.7 Å². The van der Waals surface area contributed by atoms with Crippen molar-refractivity contribution in [3.8, 4) is 11.3 Å². The van der Waals surface area contributed by atoms with E-state index in [0.29, 0.717) is 23.3 Å². The molecule has 0 fully saturated rings. The second-order valence-electron chi connectivity index (χ2n) is 8.38. The number of anilines is 1. The maximum atomic E-state index is 13.3. The van der Waals surface area contributed by atoms with E-state index in [-0.39, 0.29) is 17.5 Å². The lowest BCUT2D eigenvalue weighted by Gasteiger charge is -2.09. The van der Waals surface area contributed by atoms with Gasteiger partial charge in [0.05, 0.1) is 11.4 Å². The molecule has 1 N–H and O–H groups in total. The molecule has 0 aliphatic carbocycles. The van der Waals surface area contributed by atoms with Crippen LogP contribution in [0.25, 0.3) is 22.0 Å². The van der Waals surface area contributed by atoms with Crippen LogP contribution in [0.15, 0.2) is 84.5 Å². The van der Waals surface area contributed by atoms with E-state index in [0.717, 1.165) is 22.0 Å². The summed E-state index contributed by atoms with van der Waals surface area (Å²) >= 11 is 2.71. The first-order valence-electron chi connectivity index (χ1n) is 11.7. The number of benzene rings is 3. The number of hydrogen-bond acceptors (Lipinski definition) is 6. The number of rotatable bonds is 9. The van der Waals surface area contributed by atoms with Crippen LogP contribution in [0.5, 0.6) is 0 Å². The average Bonchev–Trinajstić information content (AvgIpc) is 3.46. The molecule has 3 aromatic carbocycles. The molecule has 37 heavy (non-hydrogen) atoms. The van der Waals surface area contributed by atoms with E-state index >= 15 is 0 Å². The molecule has 0 bridgehead atoms. The number of amides is 1. The van der Waals surface area contributed by atoms with Gasteiger partial charge >= 0.3 is 0 Å². The standard InChI is InChI=1S/C28H24FN5OS2/c1-3-15-34-24(16-21-9-6-8-19-7-4-5-10-23(19)21)32-33-28(34)36-17-25(35)30-27-31-26(18(2)37-27)20-11-13-22(29)14-12-20/h3-14H,1,15-17H2,2H3,(H,30,31,35). The Kier molecular flexibility index (Phi) is 7.43. The number of aromatic nitrogens is 4. The van der Waals surface area contributed by atoms with Crippen LogP contribution in [0.2, 0.25) is 0 Å². The number of carbonyl (C=O) groups excluding carboxylic acids is 1. The molecule has 5 aromatic rings. The normalized spacial score (nSPS) is 11.1. The Labute approximate surface area is 222 Å². The van der Waals surface area contributed by atoms with Gasteiger partial charge in [-0.15, -0.1) is 28.1 Å². The van der Waals surface area contributed by atoms with Gasteiger partial charge in [-0.1, -0.05) is 60.3 Å². The molecule has 0 atom stereocenters. The molecule has 0 saturated heterocycles. The number of aryl methyl sites for hydroxylation is 1. The van der Waals surface area contributed by atoms with Crippen LogP contribution in [0.4, 0.5) is 9.52 Å². The van der Waals surface area contributed by atoms with Crippen LogP contribution in [0, 0.1) is 12.7 Å². The first-order valence-corrected chi connectivity index (χ1v) is 13.5. The van der Waals surface area contributed by atoms with Crippen molar-refractivity contribution < 1.29 is 9.18 Å². The maximum Gasteiger partial charge on any atom is 0.236 e. The first-order chi connectivity index (χ1) is 18.0. The average molecular weight is 530 g/mol. The van der Waals surface area contributed by atoms with Gasteiger partial charge in [-0.3, -0.25) is 4.79 Å². The van der Waals surface area contributed by atoms with Gasteiger partial charge in [0, 0.05) is 23.4 Å². The van der Waals surface area contributed by atoms with Crippen LogP contribution in [0.3, 0.4) is 0 Å². The number of hydrogen-bond donors (Lipinski definition) is 1. The van der Waals surface area contributed by atoms with Crippen molar-refractivity contribution in [2.24, 2.45) is 0 Å². The van der Waals surface area contributed by atoms with Gasteiger partial charge < -0.3 is 9.88 Å². The minimum atomic E-state index is -0.299. The van der Waals surface area contributed by atoms with Crippen molar-refractivity contribution in [3.05, 3.63) is 101 Å². The summed E-state index contributed by atoms with van der Waals surface area (Å²) in [7, 11) is 0. The topological polar surface area (TPSA) is 72.7 Å². The van der Waals surface area contributed by atoms with Crippen LogP contribution < -0.4 is 5.32 Å². The van der Waals surface area contributed by atoms with E-state index in [4.69, 9.17) is 0 Å². The van der Waals surface area contributed by atoms with Gasteiger partial charge in [0.2, 0.25) is 5.91 Å². The highest BCUT2D eigenvalue weighted by Gasteiger charge is 2.17. The number of carbonyl (C=O) groups is 1. The van der Waals surface area contributed by atoms with Gasteiger partial charge in [0.15, 0.2) is 10.3 Å². The lowest BCUT2D eigenvalue weighted by atomic mass is 10.0.